The summed E-state index contributed by atoms with van der Waals surface area (Å²) < 4.78 is 5.49. The van der Waals surface area contributed by atoms with Crippen molar-refractivity contribution < 1.29 is 24.5 Å². The molecule has 0 fully saturated rings. The summed E-state index contributed by atoms with van der Waals surface area (Å²) >= 11 is 0. The first-order valence-corrected chi connectivity index (χ1v) is 40.7. The van der Waals surface area contributed by atoms with E-state index in [0.29, 0.717) is 25.9 Å². The third-order valence-electron chi connectivity index (χ3n) is 19.2. The maximum atomic E-state index is 12.6. The van der Waals surface area contributed by atoms with Crippen LogP contribution in [0.5, 0.6) is 0 Å². The molecule has 0 aliphatic rings. The van der Waals surface area contributed by atoms with Gasteiger partial charge in [0, 0.05) is 12.8 Å². The standard InChI is InChI=1S/C83H159NO5/c1-3-5-7-9-11-13-15-17-19-20-21-22-36-39-42-45-48-51-55-59-63-67-71-75-81(86)80(79-85)84-82(87)76-72-68-64-60-56-52-49-46-43-40-37-34-32-30-28-26-24-23-25-27-29-31-33-35-38-41-44-47-50-54-58-62-66-70-74-78-89-83(88)77-73-69-65-61-57-53-18-16-14-12-10-8-6-4-2/h10,12,16,18,25,27,80-81,85-86H,3-9,11,13-15,17,19-24,26,28-79H2,1-2H3,(H,84,87)/b12-10-,18-16-,27-25-. The molecule has 0 aromatic rings. The lowest BCUT2D eigenvalue weighted by atomic mass is 10.0. The second-order valence-corrected chi connectivity index (χ2v) is 28.1. The number of unbranched alkanes of at least 4 members (excludes halogenated alkanes) is 60. The summed E-state index contributed by atoms with van der Waals surface area (Å²) in [6.07, 6.45) is 102. The van der Waals surface area contributed by atoms with Crippen LogP contribution in [0.2, 0.25) is 0 Å². The Morgan fingerprint density at radius 2 is 0.573 bits per heavy atom. The lowest BCUT2D eigenvalue weighted by Crippen LogP contribution is -2.45. The molecule has 0 aromatic heterocycles. The molecule has 0 saturated heterocycles. The average Bonchev–Trinajstić information content (AvgIpc) is 3.64. The normalized spacial score (nSPS) is 12.6. The van der Waals surface area contributed by atoms with Crippen molar-refractivity contribution in [3.63, 3.8) is 0 Å². The predicted octanol–water partition coefficient (Wildman–Crippen LogP) is 27.0. The number of nitrogens with one attached hydrogen (secondary N) is 1. The molecule has 526 valence electrons. The highest BCUT2D eigenvalue weighted by molar-refractivity contribution is 5.76. The number of aliphatic hydroxyl groups is 2. The molecule has 0 aliphatic carbocycles. The Kier molecular flexibility index (Phi) is 76.8. The first-order valence-electron chi connectivity index (χ1n) is 40.7. The first-order chi connectivity index (χ1) is 44.0. The molecular weight excluding hydrogens is 1090 g/mol. The third kappa shape index (κ3) is 75.0. The van der Waals surface area contributed by atoms with E-state index in [9.17, 15) is 19.8 Å². The van der Waals surface area contributed by atoms with Crippen LogP contribution in [0.3, 0.4) is 0 Å². The maximum Gasteiger partial charge on any atom is 0.305 e. The zero-order valence-corrected chi connectivity index (χ0v) is 60.4. The number of esters is 1. The van der Waals surface area contributed by atoms with Crippen LogP contribution < -0.4 is 5.32 Å². The van der Waals surface area contributed by atoms with Crippen LogP contribution >= 0.6 is 0 Å². The number of amides is 1. The number of hydrogen-bond acceptors (Lipinski definition) is 5. The van der Waals surface area contributed by atoms with Gasteiger partial charge in [0.05, 0.1) is 25.4 Å². The van der Waals surface area contributed by atoms with Crippen LogP contribution in [0.1, 0.15) is 457 Å². The maximum absolute atomic E-state index is 12.6. The average molecular weight is 1250 g/mol. The highest BCUT2D eigenvalue weighted by Crippen LogP contribution is 2.20. The van der Waals surface area contributed by atoms with Crippen LogP contribution in [0, 0.1) is 0 Å². The molecule has 0 spiro atoms. The fourth-order valence-electron chi connectivity index (χ4n) is 13.0. The van der Waals surface area contributed by atoms with E-state index in [4.69, 9.17) is 4.74 Å². The van der Waals surface area contributed by atoms with Gasteiger partial charge in [-0.3, -0.25) is 9.59 Å². The van der Waals surface area contributed by atoms with E-state index < -0.39 is 12.1 Å². The summed E-state index contributed by atoms with van der Waals surface area (Å²) in [7, 11) is 0. The van der Waals surface area contributed by atoms with Crippen LogP contribution in [-0.4, -0.2) is 47.4 Å². The van der Waals surface area contributed by atoms with Crippen molar-refractivity contribution in [3.8, 4) is 0 Å². The lowest BCUT2D eigenvalue weighted by Gasteiger charge is -2.22. The zero-order valence-electron chi connectivity index (χ0n) is 60.4. The number of aliphatic hydroxyl groups excluding tert-OH is 2. The Hall–Kier alpha value is -1.92. The topological polar surface area (TPSA) is 95.9 Å². The summed E-state index contributed by atoms with van der Waals surface area (Å²) in [5.74, 6) is -0.0197. The molecular formula is C83H159NO5. The summed E-state index contributed by atoms with van der Waals surface area (Å²) in [4.78, 5) is 24.6. The Labute approximate surface area is 557 Å². The van der Waals surface area contributed by atoms with Crippen molar-refractivity contribution >= 4 is 11.9 Å². The molecule has 3 N–H and O–H groups in total. The van der Waals surface area contributed by atoms with Gasteiger partial charge in [-0.25, -0.2) is 0 Å². The molecule has 0 heterocycles. The fourth-order valence-corrected chi connectivity index (χ4v) is 13.0. The molecule has 2 atom stereocenters. The lowest BCUT2D eigenvalue weighted by molar-refractivity contribution is -0.143. The molecule has 0 bridgehead atoms. The van der Waals surface area contributed by atoms with E-state index in [0.717, 1.165) is 51.4 Å². The molecule has 1 amide bonds. The van der Waals surface area contributed by atoms with Crippen molar-refractivity contribution in [3.05, 3.63) is 36.5 Å². The number of rotatable bonds is 77. The molecule has 0 radical (unpaired) electrons. The summed E-state index contributed by atoms with van der Waals surface area (Å²) in [5, 5.41) is 23.5. The van der Waals surface area contributed by atoms with Gasteiger partial charge in [-0.2, -0.15) is 0 Å². The highest BCUT2D eigenvalue weighted by Gasteiger charge is 2.20. The molecule has 6 nitrogen and oxygen atoms in total. The quantitative estimate of drug-likeness (QED) is 0.0320. The largest absolute Gasteiger partial charge is 0.466 e. The number of hydrogen-bond donors (Lipinski definition) is 3. The second kappa shape index (κ2) is 78.5. The Bertz CT molecular complexity index is 1440. The number of carbonyl (C=O) groups excluding carboxylic acids is 2. The Morgan fingerprint density at radius 1 is 0.315 bits per heavy atom. The predicted molar refractivity (Wildman–Crippen MR) is 393 cm³/mol. The number of allylic oxidation sites excluding steroid dienone is 6. The van der Waals surface area contributed by atoms with Gasteiger partial charge in [-0.15, -0.1) is 0 Å². The summed E-state index contributed by atoms with van der Waals surface area (Å²) in [5.41, 5.74) is 0. The van der Waals surface area contributed by atoms with E-state index in [-0.39, 0.29) is 18.5 Å². The van der Waals surface area contributed by atoms with Crippen molar-refractivity contribution in [1.29, 1.82) is 0 Å². The second-order valence-electron chi connectivity index (χ2n) is 28.1. The van der Waals surface area contributed by atoms with Gasteiger partial charge in [0.1, 0.15) is 0 Å². The molecule has 0 rings (SSSR count). The van der Waals surface area contributed by atoms with Gasteiger partial charge in [0.2, 0.25) is 5.91 Å². The van der Waals surface area contributed by atoms with Gasteiger partial charge in [-0.1, -0.05) is 403 Å². The number of ether oxygens (including phenoxy) is 1. The molecule has 0 aromatic carbocycles. The Balaban J connectivity index is 3.35. The summed E-state index contributed by atoms with van der Waals surface area (Å²) in [6, 6.07) is -0.540. The van der Waals surface area contributed by atoms with Crippen molar-refractivity contribution in [2.45, 2.75) is 469 Å². The van der Waals surface area contributed by atoms with E-state index in [1.165, 1.54) is 372 Å². The minimum Gasteiger partial charge on any atom is -0.466 e. The molecule has 0 saturated carbocycles. The molecule has 2 unspecified atom stereocenters. The van der Waals surface area contributed by atoms with Gasteiger partial charge in [0.25, 0.3) is 0 Å². The third-order valence-corrected chi connectivity index (χ3v) is 19.2. The van der Waals surface area contributed by atoms with Crippen LogP contribution in [0.4, 0.5) is 0 Å². The Morgan fingerprint density at radius 3 is 0.899 bits per heavy atom. The van der Waals surface area contributed by atoms with E-state index >= 15 is 0 Å². The minimum atomic E-state index is -0.663. The molecule has 0 aliphatic heterocycles. The van der Waals surface area contributed by atoms with Gasteiger partial charge in [0.15, 0.2) is 0 Å². The van der Waals surface area contributed by atoms with Crippen molar-refractivity contribution in [2.75, 3.05) is 13.2 Å². The van der Waals surface area contributed by atoms with Gasteiger partial charge >= 0.3 is 5.97 Å². The molecule has 89 heavy (non-hydrogen) atoms. The van der Waals surface area contributed by atoms with E-state index in [1.54, 1.807) is 0 Å². The summed E-state index contributed by atoms with van der Waals surface area (Å²) in [6.45, 7) is 4.96. The monoisotopic (exact) mass is 1250 g/mol. The first kappa shape index (κ1) is 87.1. The van der Waals surface area contributed by atoms with Crippen molar-refractivity contribution in [1.82, 2.24) is 5.32 Å². The van der Waals surface area contributed by atoms with Crippen molar-refractivity contribution in [2.24, 2.45) is 0 Å². The van der Waals surface area contributed by atoms with Crippen LogP contribution in [0.25, 0.3) is 0 Å². The fraction of sp³-hybridized carbons (Fsp3) is 0.904. The van der Waals surface area contributed by atoms with E-state index in [1.807, 2.05) is 0 Å². The highest BCUT2D eigenvalue weighted by atomic mass is 16.5. The SMILES string of the molecule is CCCC/C=C\C/C=C\CCCCCCCC(=O)OCCCCCCCCCCCCCCCC/C=C\CCCCCCCCCCCCCCCCCCCC(=O)NC(CO)C(O)CCCCCCCCCCCCCCCCCCCCCCCCC. The van der Waals surface area contributed by atoms with Gasteiger partial charge < -0.3 is 20.3 Å². The van der Waals surface area contributed by atoms with Gasteiger partial charge in [-0.05, 0) is 77.0 Å². The van der Waals surface area contributed by atoms with Crippen LogP contribution in [0.15, 0.2) is 36.5 Å². The molecule has 6 heteroatoms. The minimum absolute atomic E-state index is 0.00621. The van der Waals surface area contributed by atoms with Crippen LogP contribution in [-0.2, 0) is 14.3 Å². The van der Waals surface area contributed by atoms with E-state index in [2.05, 4.69) is 55.6 Å². The number of carbonyl (C=O) groups is 2. The zero-order chi connectivity index (χ0) is 64.2. The smallest absolute Gasteiger partial charge is 0.305 e.